The predicted molar refractivity (Wildman–Crippen MR) is 94.4 cm³/mol. The maximum Gasteiger partial charge on any atom is 0.122 e. The molecular formula is C19H29BrO. The Morgan fingerprint density at radius 1 is 1.19 bits per heavy atom. The van der Waals surface area contributed by atoms with Crippen molar-refractivity contribution in [3.63, 3.8) is 0 Å². The van der Waals surface area contributed by atoms with E-state index in [2.05, 4.69) is 41.1 Å². The first-order valence-corrected chi connectivity index (χ1v) is 9.42. The van der Waals surface area contributed by atoms with Crippen LogP contribution in [0.5, 0.6) is 5.75 Å². The minimum atomic E-state index is 0.584. The molecule has 1 fully saturated rings. The number of halogens is 1. The Kier molecular flexibility index (Phi) is 7.09. The molecule has 1 aromatic rings. The lowest BCUT2D eigenvalue weighted by molar-refractivity contribution is 0.256. The van der Waals surface area contributed by atoms with Crippen LogP contribution < -0.4 is 4.74 Å². The number of rotatable bonds is 7. The van der Waals surface area contributed by atoms with Crippen molar-refractivity contribution in [2.24, 2.45) is 11.8 Å². The summed E-state index contributed by atoms with van der Waals surface area (Å²) in [7, 11) is 1.76. The van der Waals surface area contributed by atoms with Crippen molar-refractivity contribution >= 4 is 15.9 Å². The Bertz CT molecular complexity index is 410. The van der Waals surface area contributed by atoms with Gasteiger partial charge in [0.1, 0.15) is 5.75 Å². The molecule has 0 bridgehead atoms. The molecule has 0 spiro atoms. The molecule has 21 heavy (non-hydrogen) atoms. The number of ether oxygens (including phenoxy) is 1. The van der Waals surface area contributed by atoms with E-state index in [4.69, 9.17) is 4.74 Å². The van der Waals surface area contributed by atoms with Gasteiger partial charge in [0, 0.05) is 4.83 Å². The molecule has 1 saturated carbocycles. The van der Waals surface area contributed by atoms with Gasteiger partial charge in [0.25, 0.3) is 0 Å². The quantitative estimate of drug-likeness (QED) is 0.547. The third kappa shape index (κ3) is 5.02. The fourth-order valence-corrected chi connectivity index (χ4v) is 4.46. The van der Waals surface area contributed by atoms with Gasteiger partial charge in [-0.3, -0.25) is 0 Å². The molecule has 0 heterocycles. The Labute approximate surface area is 138 Å². The Hall–Kier alpha value is -0.500. The highest BCUT2D eigenvalue weighted by molar-refractivity contribution is 9.09. The van der Waals surface area contributed by atoms with Crippen LogP contribution in [0.1, 0.15) is 57.4 Å². The molecule has 0 radical (unpaired) electrons. The normalized spacial score (nSPS) is 23.8. The fourth-order valence-electron chi connectivity index (χ4n) is 3.58. The lowest BCUT2D eigenvalue weighted by atomic mass is 9.77. The zero-order chi connectivity index (χ0) is 15.1. The van der Waals surface area contributed by atoms with E-state index in [1.807, 2.05) is 6.07 Å². The number of methoxy groups -OCH3 is 1. The molecule has 2 heteroatoms. The van der Waals surface area contributed by atoms with Crippen molar-refractivity contribution in [3.05, 3.63) is 29.8 Å². The number of benzene rings is 1. The Morgan fingerprint density at radius 3 is 2.57 bits per heavy atom. The molecule has 1 aliphatic rings. The highest BCUT2D eigenvalue weighted by Crippen LogP contribution is 2.37. The van der Waals surface area contributed by atoms with Gasteiger partial charge in [0.05, 0.1) is 7.11 Å². The van der Waals surface area contributed by atoms with Gasteiger partial charge in [-0.15, -0.1) is 0 Å². The van der Waals surface area contributed by atoms with Crippen LogP contribution in [0.3, 0.4) is 0 Å². The number of hydrogen-bond donors (Lipinski definition) is 0. The monoisotopic (exact) mass is 352 g/mol. The van der Waals surface area contributed by atoms with E-state index in [0.717, 1.165) is 24.0 Å². The molecule has 1 unspecified atom stereocenters. The molecule has 0 saturated heterocycles. The van der Waals surface area contributed by atoms with Crippen LogP contribution in [0.25, 0.3) is 0 Å². The van der Waals surface area contributed by atoms with Crippen LogP contribution in [-0.2, 0) is 6.42 Å². The van der Waals surface area contributed by atoms with Crippen molar-refractivity contribution in [2.45, 2.75) is 63.1 Å². The average molecular weight is 353 g/mol. The lowest BCUT2D eigenvalue weighted by Crippen LogP contribution is -2.23. The van der Waals surface area contributed by atoms with Gasteiger partial charge in [-0.25, -0.2) is 0 Å². The fraction of sp³-hybridized carbons (Fsp3) is 0.684. The van der Waals surface area contributed by atoms with Gasteiger partial charge in [-0.05, 0) is 42.7 Å². The molecule has 0 N–H and O–H groups in total. The molecule has 118 valence electrons. The predicted octanol–water partition coefficient (Wildman–Crippen LogP) is 6.00. The van der Waals surface area contributed by atoms with E-state index in [1.165, 1.54) is 50.5 Å². The van der Waals surface area contributed by atoms with E-state index in [1.54, 1.807) is 7.11 Å². The van der Waals surface area contributed by atoms with Gasteiger partial charge >= 0.3 is 0 Å². The minimum absolute atomic E-state index is 0.584. The van der Waals surface area contributed by atoms with Gasteiger partial charge in [0.15, 0.2) is 0 Å². The van der Waals surface area contributed by atoms with Crippen LogP contribution in [0.2, 0.25) is 0 Å². The van der Waals surface area contributed by atoms with Crippen LogP contribution >= 0.6 is 15.9 Å². The van der Waals surface area contributed by atoms with Crippen LogP contribution in [-0.4, -0.2) is 11.9 Å². The topological polar surface area (TPSA) is 9.23 Å². The van der Waals surface area contributed by atoms with Crippen molar-refractivity contribution in [2.75, 3.05) is 7.11 Å². The summed E-state index contributed by atoms with van der Waals surface area (Å²) in [5.41, 5.74) is 1.33. The van der Waals surface area contributed by atoms with Crippen molar-refractivity contribution in [3.8, 4) is 5.75 Å². The molecule has 0 aromatic heterocycles. The molecule has 0 amide bonds. The van der Waals surface area contributed by atoms with Crippen LogP contribution in [0, 0.1) is 11.8 Å². The molecule has 1 atom stereocenters. The summed E-state index contributed by atoms with van der Waals surface area (Å²) in [6, 6.07) is 8.42. The van der Waals surface area contributed by atoms with E-state index in [9.17, 15) is 0 Å². The zero-order valence-electron chi connectivity index (χ0n) is 13.5. The average Bonchev–Trinajstić information content (AvgIpc) is 2.54. The highest BCUT2D eigenvalue weighted by atomic mass is 79.9. The van der Waals surface area contributed by atoms with Crippen molar-refractivity contribution < 1.29 is 4.74 Å². The maximum atomic E-state index is 5.47. The summed E-state index contributed by atoms with van der Waals surface area (Å²) in [5.74, 6) is 2.85. The zero-order valence-corrected chi connectivity index (χ0v) is 15.1. The van der Waals surface area contributed by atoms with Gasteiger partial charge in [-0.2, -0.15) is 0 Å². The first-order valence-electron chi connectivity index (χ1n) is 8.50. The number of unbranched alkanes of at least 4 members (excludes halogenated alkanes) is 1. The number of alkyl halides is 1. The number of para-hydroxylation sites is 1. The standard InChI is InChI=1S/C19H29BrO/c1-3-4-7-15-10-12-16(13-11-15)18(20)14-17-8-5-6-9-19(17)21-2/h5-6,8-9,15-16,18H,3-4,7,10-14H2,1-2H3. The van der Waals surface area contributed by atoms with Crippen LogP contribution in [0.4, 0.5) is 0 Å². The molecular weight excluding hydrogens is 324 g/mol. The van der Waals surface area contributed by atoms with E-state index in [-0.39, 0.29) is 0 Å². The SMILES string of the molecule is CCCCC1CCC(C(Br)Cc2ccccc2OC)CC1. The first-order chi connectivity index (χ1) is 10.2. The number of hydrogen-bond acceptors (Lipinski definition) is 1. The summed E-state index contributed by atoms with van der Waals surface area (Å²) >= 11 is 3.96. The second-order valence-electron chi connectivity index (χ2n) is 6.45. The maximum absolute atomic E-state index is 5.47. The Balaban J connectivity index is 1.83. The van der Waals surface area contributed by atoms with Gasteiger partial charge in [-0.1, -0.05) is 73.2 Å². The minimum Gasteiger partial charge on any atom is -0.496 e. The highest BCUT2D eigenvalue weighted by Gasteiger charge is 2.26. The van der Waals surface area contributed by atoms with Gasteiger partial charge in [0.2, 0.25) is 0 Å². The molecule has 0 aliphatic heterocycles. The van der Waals surface area contributed by atoms with E-state index in [0.29, 0.717) is 4.83 Å². The van der Waals surface area contributed by atoms with Crippen molar-refractivity contribution in [1.82, 2.24) is 0 Å². The second-order valence-corrected chi connectivity index (χ2v) is 7.63. The first kappa shape index (κ1) is 16.9. The van der Waals surface area contributed by atoms with Crippen LogP contribution in [0.15, 0.2) is 24.3 Å². The summed E-state index contributed by atoms with van der Waals surface area (Å²) in [6.07, 6.45) is 10.9. The molecule has 1 aliphatic carbocycles. The summed E-state index contributed by atoms with van der Waals surface area (Å²) in [4.78, 5) is 0.584. The summed E-state index contributed by atoms with van der Waals surface area (Å²) < 4.78 is 5.47. The molecule has 2 rings (SSSR count). The lowest BCUT2D eigenvalue weighted by Gasteiger charge is -2.31. The summed E-state index contributed by atoms with van der Waals surface area (Å²) in [6.45, 7) is 2.30. The van der Waals surface area contributed by atoms with Crippen molar-refractivity contribution in [1.29, 1.82) is 0 Å². The third-order valence-electron chi connectivity index (χ3n) is 4.98. The molecule has 1 aromatic carbocycles. The van der Waals surface area contributed by atoms with Gasteiger partial charge < -0.3 is 4.74 Å². The smallest absolute Gasteiger partial charge is 0.122 e. The summed E-state index contributed by atoms with van der Waals surface area (Å²) in [5, 5.41) is 0. The Morgan fingerprint density at radius 2 is 1.90 bits per heavy atom. The molecule has 1 nitrogen and oxygen atoms in total. The van der Waals surface area contributed by atoms with E-state index >= 15 is 0 Å². The largest absolute Gasteiger partial charge is 0.496 e. The third-order valence-corrected chi connectivity index (χ3v) is 6.05. The van der Waals surface area contributed by atoms with E-state index < -0.39 is 0 Å². The second kappa shape index (κ2) is 8.82.